The van der Waals surface area contributed by atoms with Crippen LogP contribution in [0.15, 0.2) is 91.0 Å². The predicted octanol–water partition coefficient (Wildman–Crippen LogP) is 7.69. The van der Waals surface area contributed by atoms with Crippen LogP contribution in [-0.2, 0) is 12.0 Å². The van der Waals surface area contributed by atoms with Gasteiger partial charge < -0.3 is 10.2 Å². The first kappa shape index (κ1) is 29.6. The van der Waals surface area contributed by atoms with E-state index < -0.39 is 0 Å². The van der Waals surface area contributed by atoms with Gasteiger partial charge in [-0.05, 0) is 54.2 Å². The molecule has 1 aromatic heterocycles. The lowest BCUT2D eigenvalue weighted by molar-refractivity contribution is 0.148. The SMILES string of the molecule is Cc1ccc(-n2nc(C(C)(C)C)cc2NC(=O)Nc2ccc(-c3ccc(CN4CCN(C)CC4)cc3)c3ccccc23)cc1. The molecule has 6 rings (SSSR count). The van der Waals surface area contributed by atoms with E-state index in [0.29, 0.717) is 5.82 Å². The Kier molecular flexibility index (Phi) is 8.25. The number of benzene rings is 4. The van der Waals surface area contributed by atoms with E-state index in [-0.39, 0.29) is 11.4 Å². The lowest BCUT2D eigenvalue weighted by atomic mass is 9.92. The standard InChI is InChI=1S/C37H42N6O/c1-26-10-16-29(17-11-26)43-35(24-34(40-43)37(2,3)4)39-36(44)38-33-19-18-30(31-8-6-7-9-32(31)33)28-14-12-27(13-15-28)25-42-22-20-41(5)21-23-42/h6-19,24H,20-23,25H2,1-5H3,(H2,38,39,44). The van der Waals surface area contributed by atoms with E-state index in [9.17, 15) is 4.79 Å². The van der Waals surface area contributed by atoms with Crippen LogP contribution in [0.3, 0.4) is 0 Å². The largest absolute Gasteiger partial charge is 0.324 e. The number of carbonyl (C=O) groups excluding carboxylic acids is 1. The first-order valence-corrected chi connectivity index (χ1v) is 15.4. The zero-order chi connectivity index (χ0) is 30.8. The molecule has 226 valence electrons. The first-order chi connectivity index (χ1) is 21.1. The minimum Gasteiger partial charge on any atom is -0.307 e. The number of aryl methyl sites for hydroxylation is 1. The molecule has 4 aromatic carbocycles. The van der Waals surface area contributed by atoms with E-state index in [1.165, 1.54) is 11.1 Å². The topological polar surface area (TPSA) is 65.4 Å². The maximum Gasteiger partial charge on any atom is 0.324 e. The minimum absolute atomic E-state index is 0.169. The maximum absolute atomic E-state index is 13.4. The summed E-state index contributed by atoms with van der Waals surface area (Å²) in [7, 11) is 2.19. The fourth-order valence-electron chi connectivity index (χ4n) is 5.70. The molecule has 0 unspecified atom stereocenters. The van der Waals surface area contributed by atoms with Gasteiger partial charge in [0.15, 0.2) is 0 Å². The molecule has 1 aliphatic rings. The third-order valence-electron chi connectivity index (χ3n) is 8.44. The fourth-order valence-corrected chi connectivity index (χ4v) is 5.70. The molecule has 2 heterocycles. The van der Waals surface area contributed by atoms with Crippen LogP contribution in [-0.4, -0.2) is 58.8 Å². The first-order valence-electron chi connectivity index (χ1n) is 15.4. The van der Waals surface area contributed by atoms with Gasteiger partial charge in [0.05, 0.1) is 17.1 Å². The maximum atomic E-state index is 13.4. The lowest BCUT2D eigenvalue weighted by Crippen LogP contribution is -2.43. The van der Waals surface area contributed by atoms with Gasteiger partial charge in [-0.3, -0.25) is 10.2 Å². The zero-order valence-electron chi connectivity index (χ0n) is 26.4. The van der Waals surface area contributed by atoms with Gasteiger partial charge in [0.2, 0.25) is 0 Å². The molecule has 2 amide bonds. The van der Waals surface area contributed by atoms with Crippen molar-refractivity contribution in [3.05, 3.63) is 108 Å². The Morgan fingerprint density at radius 2 is 1.50 bits per heavy atom. The highest BCUT2D eigenvalue weighted by Crippen LogP contribution is 2.34. The molecule has 5 aromatic rings. The number of hydrogen-bond donors (Lipinski definition) is 2. The van der Waals surface area contributed by atoms with E-state index >= 15 is 0 Å². The number of anilines is 2. The summed E-state index contributed by atoms with van der Waals surface area (Å²) in [4.78, 5) is 18.3. The molecular formula is C37H42N6O. The number of hydrogen-bond acceptors (Lipinski definition) is 4. The summed E-state index contributed by atoms with van der Waals surface area (Å²) in [6.45, 7) is 13.9. The van der Waals surface area contributed by atoms with Gasteiger partial charge in [-0.2, -0.15) is 5.10 Å². The van der Waals surface area contributed by atoms with Crippen molar-refractivity contribution in [3.63, 3.8) is 0 Å². The van der Waals surface area contributed by atoms with Gasteiger partial charge in [0.1, 0.15) is 5.82 Å². The third-order valence-corrected chi connectivity index (χ3v) is 8.44. The average Bonchev–Trinajstić information content (AvgIpc) is 3.44. The molecule has 1 fully saturated rings. The monoisotopic (exact) mass is 586 g/mol. The van der Waals surface area contributed by atoms with E-state index in [1.807, 2.05) is 48.5 Å². The Hall–Kier alpha value is -4.46. The summed E-state index contributed by atoms with van der Waals surface area (Å²) < 4.78 is 1.80. The van der Waals surface area contributed by atoms with Gasteiger partial charge in [-0.1, -0.05) is 93.1 Å². The normalized spacial score (nSPS) is 14.6. The highest BCUT2D eigenvalue weighted by atomic mass is 16.2. The van der Waals surface area contributed by atoms with E-state index in [2.05, 4.69) is 97.6 Å². The van der Waals surface area contributed by atoms with Crippen LogP contribution in [0.1, 0.15) is 37.6 Å². The van der Waals surface area contributed by atoms with E-state index in [0.717, 1.165) is 71.7 Å². The Bertz CT molecular complexity index is 1760. The van der Waals surface area contributed by atoms with Gasteiger partial charge >= 0.3 is 6.03 Å². The number of amides is 2. The van der Waals surface area contributed by atoms with E-state index in [1.54, 1.807) is 4.68 Å². The molecule has 0 radical (unpaired) electrons. The molecule has 1 aliphatic heterocycles. The van der Waals surface area contributed by atoms with Crippen molar-refractivity contribution >= 4 is 28.3 Å². The summed E-state index contributed by atoms with van der Waals surface area (Å²) in [5.41, 5.74) is 7.19. The number of carbonyl (C=O) groups is 1. The summed E-state index contributed by atoms with van der Waals surface area (Å²) >= 11 is 0. The predicted molar refractivity (Wildman–Crippen MR) is 182 cm³/mol. The highest BCUT2D eigenvalue weighted by molar-refractivity contribution is 6.09. The van der Waals surface area contributed by atoms with Crippen LogP contribution in [0.4, 0.5) is 16.3 Å². The van der Waals surface area contributed by atoms with Gasteiger partial charge in [0.25, 0.3) is 0 Å². The second-order valence-corrected chi connectivity index (χ2v) is 13.0. The Labute approximate surface area is 260 Å². The summed E-state index contributed by atoms with van der Waals surface area (Å²) in [5.74, 6) is 0.619. The molecule has 0 atom stereocenters. The van der Waals surface area contributed by atoms with Crippen LogP contribution >= 0.6 is 0 Å². The number of nitrogens with zero attached hydrogens (tertiary/aromatic N) is 4. The van der Waals surface area contributed by atoms with Crippen LogP contribution in [0.5, 0.6) is 0 Å². The number of aromatic nitrogens is 2. The summed E-state index contributed by atoms with van der Waals surface area (Å²) in [6.07, 6.45) is 0. The van der Waals surface area contributed by atoms with Crippen LogP contribution in [0.25, 0.3) is 27.6 Å². The van der Waals surface area contributed by atoms with Crippen LogP contribution in [0.2, 0.25) is 0 Å². The molecule has 7 heteroatoms. The number of urea groups is 1. The molecule has 7 nitrogen and oxygen atoms in total. The quantitative estimate of drug-likeness (QED) is 0.214. The fraction of sp³-hybridized carbons (Fsp3) is 0.297. The number of fused-ring (bicyclic) bond motifs is 1. The number of likely N-dealkylation sites (N-methyl/N-ethyl adjacent to an activating group) is 1. The Morgan fingerprint density at radius 3 is 2.18 bits per heavy atom. The second kappa shape index (κ2) is 12.3. The Balaban J connectivity index is 1.22. The van der Waals surface area contributed by atoms with Crippen molar-refractivity contribution in [1.82, 2.24) is 19.6 Å². The molecule has 0 bridgehead atoms. The van der Waals surface area contributed by atoms with Crippen molar-refractivity contribution in [2.24, 2.45) is 0 Å². The summed E-state index contributed by atoms with van der Waals surface area (Å²) in [6, 6.07) is 31.0. The number of piperazine rings is 1. The van der Waals surface area contributed by atoms with Crippen molar-refractivity contribution in [3.8, 4) is 16.8 Å². The summed E-state index contributed by atoms with van der Waals surface area (Å²) in [5, 5.41) is 13.1. The zero-order valence-corrected chi connectivity index (χ0v) is 26.4. The van der Waals surface area contributed by atoms with E-state index in [4.69, 9.17) is 5.10 Å². The van der Waals surface area contributed by atoms with Gasteiger partial charge in [-0.15, -0.1) is 0 Å². The molecular weight excluding hydrogens is 544 g/mol. The van der Waals surface area contributed by atoms with Gasteiger partial charge in [-0.25, -0.2) is 9.48 Å². The molecule has 0 saturated carbocycles. The van der Waals surface area contributed by atoms with Crippen molar-refractivity contribution in [2.75, 3.05) is 43.9 Å². The van der Waals surface area contributed by atoms with Gasteiger partial charge in [0, 0.05) is 49.6 Å². The molecule has 0 spiro atoms. The van der Waals surface area contributed by atoms with Crippen molar-refractivity contribution < 1.29 is 4.79 Å². The van der Waals surface area contributed by atoms with Crippen molar-refractivity contribution in [1.29, 1.82) is 0 Å². The average molecular weight is 587 g/mol. The molecule has 1 saturated heterocycles. The molecule has 0 aliphatic carbocycles. The Morgan fingerprint density at radius 1 is 0.818 bits per heavy atom. The van der Waals surface area contributed by atoms with Crippen LogP contribution < -0.4 is 10.6 Å². The molecule has 2 N–H and O–H groups in total. The van der Waals surface area contributed by atoms with Crippen molar-refractivity contribution in [2.45, 2.75) is 39.7 Å². The lowest BCUT2D eigenvalue weighted by Gasteiger charge is -2.32. The minimum atomic E-state index is -0.315. The van der Waals surface area contributed by atoms with Crippen LogP contribution in [0, 0.1) is 6.92 Å². The third kappa shape index (κ3) is 6.54. The highest BCUT2D eigenvalue weighted by Gasteiger charge is 2.22. The number of rotatable bonds is 6. The smallest absolute Gasteiger partial charge is 0.307 e. The number of nitrogens with one attached hydrogen (secondary N) is 2. The second-order valence-electron chi connectivity index (χ2n) is 13.0. The molecule has 44 heavy (non-hydrogen) atoms.